The number of carbonyl (C=O) groups is 1. The Morgan fingerprint density at radius 1 is 1.32 bits per heavy atom. The van der Waals surface area contributed by atoms with E-state index in [1.807, 2.05) is 19.9 Å². The predicted molar refractivity (Wildman–Crippen MR) is 94.9 cm³/mol. The van der Waals surface area contributed by atoms with Crippen molar-refractivity contribution in [3.63, 3.8) is 0 Å². The highest BCUT2D eigenvalue weighted by Crippen LogP contribution is 2.32. The zero-order valence-electron chi connectivity index (χ0n) is 15.0. The molecule has 0 spiro atoms. The molecule has 7 nitrogen and oxygen atoms in total. The number of H-pyrrole nitrogens is 1. The van der Waals surface area contributed by atoms with Crippen LogP contribution in [0.15, 0.2) is 24.3 Å². The number of methoxy groups -OCH3 is 2. The summed E-state index contributed by atoms with van der Waals surface area (Å²) < 4.78 is 10.6. The Labute approximate surface area is 147 Å². The highest BCUT2D eigenvalue weighted by Gasteiger charge is 2.20. The summed E-state index contributed by atoms with van der Waals surface area (Å²) in [4.78, 5) is 12.4. The molecule has 0 saturated carbocycles. The summed E-state index contributed by atoms with van der Waals surface area (Å²) in [6.07, 6.45) is 0.864. The van der Waals surface area contributed by atoms with Gasteiger partial charge in [0.05, 0.1) is 32.6 Å². The SMILES string of the molecule is CC[C@@H](C)[C@H](CO)NC(=O)c1cc(-c2ccc(OC)cc2OC)n[nH]1. The molecule has 1 amide bonds. The van der Waals surface area contributed by atoms with Crippen molar-refractivity contribution in [2.75, 3.05) is 20.8 Å². The number of hydrogen-bond donors (Lipinski definition) is 3. The molecule has 0 saturated heterocycles. The van der Waals surface area contributed by atoms with Crippen molar-refractivity contribution in [2.45, 2.75) is 26.3 Å². The average Bonchev–Trinajstić information content (AvgIpc) is 3.14. The van der Waals surface area contributed by atoms with Crippen molar-refractivity contribution >= 4 is 5.91 Å². The van der Waals surface area contributed by atoms with Gasteiger partial charge in [-0.05, 0) is 24.1 Å². The monoisotopic (exact) mass is 347 g/mol. The first-order valence-electron chi connectivity index (χ1n) is 8.23. The first-order chi connectivity index (χ1) is 12.0. The number of ether oxygens (including phenoxy) is 2. The van der Waals surface area contributed by atoms with Crippen LogP contribution in [0.4, 0.5) is 0 Å². The number of amides is 1. The molecule has 1 aromatic heterocycles. The number of nitrogens with one attached hydrogen (secondary N) is 2. The number of nitrogens with zero attached hydrogens (tertiary/aromatic N) is 1. The zero-order chi connectivity index (χ0) is 18.4. The van der Waals surface area contributed by atoms with E-state index in [9.17, 15) is 9.90 Å². The molecule has 0 unspecified atom stereocenters. The molecular weight excluding hydrogens is 322 g/mol. The van der Waals surface area contributed by atoms with Gasteiger partial charge in [-0.3, -0.25) is 9.89 Å². The van der Waals surface area contributed by atoms with Crippen LogP contribution < -0.4 is 14.8 Å². The number of aromatic nitrogens is 2. The van der Waals surface area contributed by atoms with Gasteiger partial charge in [0.1, 0.15) is 17.2 Å². The maximum Gasteiger partial charge on any atom is 0.269 e. The minimum absolute atomic E-state index is 0.103. The second-order valence-corrected chi connectivity index (χ2v) is 5.88. The highest BCUT2D eigenvalue weighted by molar-refractivity contribution is 5.93. The maximum atomic E-state index is 12.4. The molecule has 2 aromatic rings. The molecule has 136 valence electrons. The normalized spacial score (nSPS) is 13.2. The minimum Gasteiger partial charge on any atom is -0.497 e. The third kappa shape index (κ3) is 4.30. The standard InChI is InChI=1S/C18H25N3O4/c1-5-11(2)16(10-22)19-18(23)15-9-14(20-21-15)13-7-6-12(24-3)8-17(13)25-4/h6-9,11,16,22H,5,10H2,1-4H3,(H,19,23)(H,20,21)/t11-,16+/m1/s1. The van der Waals surface area contributed by atoms with Crippen molar-refractivity contribution < 1.29 is 19.4 Å². The van der Waals surface area contributed by atoms with Gasteiger partial charge in [-0.2, -0.15) is 5.10 Å². The van der Waals surface area contributed by atoms with Gasteiger partial charge < -0.3 is 19.9 Å². The van der Waals surface area contributed by atoms with Crippen molar-refractivity contribution in [3.8, 4) is 22.8 Å². The van der Waals surface area contributed by atoms with Gasteiger partial charge in [0.25, 0.3) is 5.91 Å². The molecule has 0 bridgehead atoms. The van der Waals surface area contributed by atoms with Crippen LogP contribution in [0.2, 0.25) is 0 Å². The fourth-order valence-electron chi connectivity index (χ4n) is 2.48. The summed E-state index contributed by atoms with van der Waals surface area (Å²) in [6, 6.07) is 6.75. The quantitative estimate of drug-likeness (QED) is 0.680. The Kier molecular flexibility index (Phi) is 6.41. The predicted octanol–water partition coefficient (Wildman–Crippen LogP) is 2.23. The first kappa shape index (κ1) is 18.8. The van der Waals surface area contributed by atoms with E-state index in [-0.39, 0.29) is 24.5 Å². The van der Waals surface area contributed by atoms with Crippen LogP contribution in [0.25, 0.3) is 11.3 Å². The number of carbonyl (C=O) groups excluding carboxylic acids is 1. The molecule has 3 N–H and O–H groups in total. The number of rotatable bonds is 8. The summed E-state index contributed by atoms with van der Waals surface area (Å²) in [7, 11) is 3.15. The number of aromatic amines is 1. The molecule has 0 radical (unpaired) electrons. The van der Waals surface area contributed by atoms with Gasteiger partial charge in [-0.15, -0.1) is 0 Å². The van der Waals surface area contributed by atoms with Gasteiger partial charge in [-0.1, -0.05) is 20.3 Å². The number of aliphatic hydroxyl groups excluding tert-OH is 1. The Morgan fingerprint density at radius 3 is 2.68 bits per heavy atom. The van der Waals surface area contributed by atoms with Crippen LogP contribution in [-0.4, -0.2) is 48.1 Å². The molecule has 7 heteroatoms. The third-order valence-corrected chi connectivity index (χ3v) is 4.35. The van der Waals surface area contributed by atoms with Crippen LogP contribution in [-0.2, 0) is 0 Å². The van der Waals surface area contributed by atoms with Crippen LogP contribution in [0.3, 0.4) is 0 Å². The van der Waals surface area contributed by atoms with E-state index in [1.54, 1.807) is 32.4 Å². The molecule has 0 fully saturated rings. The van der Waals surface area contributed by atoms with Crippen LogP contribution in [0.1, 0.15) is 30.8 Å². The number of benzene rings is 1. The molecule has 2 rings (SSSR count). The van der Waals surface area contributed by atoms with E-state index in [2.05, 4.69) is 15.5 Å². The van der Waals surface area contributed by atoms with Crippen molar-refractivity contribution in [1.82, 2.24) is 15.5 Å². The lowest BCUT2D eigenvalue weighted by Gasteiger charge is -2.21. The van der Waals surface area contributed by atoms with Crippen LogP contribution in [0, 0.1) is 5.92 Å². The second kappa shape index (κ2) is 8.53. The highest BCUT2D eigenvalue weighted by atomic mass is 16.5. The molecule has 1 heterocycles. The Bertz CT molecular complexity index is 714. The molecule has 0 aliphatic carbocycles. The summed E-state index contributed by atoms with van der Waals surface area (Å²) in [6.45, 7) is 3.90. The summed E-state index contributed by atoms with van der Waals surface area (Å²) in [5, 5.41) is 19.2. The van der Waals surface area contributed by atoms with Crippen LogP contribution >= 0.6 is 0 Å². The minimum atomic E-state index is -0.300. The van der Waals surface area contributed by atoms with Gasteiger partial charge in [0, 0.05) is 11.6 Å². The molecule has 1 aromatic carbocycles. The summed E-state index contributed by atoms with van der Waals surface area (Å²) in [5.41, 5.74) is 1.67. The lowest BCUT2D eigenvalue weighted by Crippen LogP contribution is -2.42. The summed E-state index contributed by atoms with van der Waals surface area (Å²) >= 11 is 0. The van der Waals surface area contributed by atoms with E-state index in [0.29, 0.717) is 22.9 Å². The first-order valence-corrected chi connectivity index (χ1v) is 8.23. The van der Waals surface area contributed by atoms with Crippen molar-refractivity contribution in [1.29, 1.82) is 0 Å². The lowest BCUT2D eigenvalue weighted by atomic mass is 10.00. The smallest absolute Gasteiger partial charge is 0.269 e. The van der Waals surface area contributed by atoms with Gasteiger partial charge in [0.15, 0.2) is 0 Å². The topological polar surface area (TPSA) is 96.5 Å². The average molecular weight is 347 g/mol. The van der Waals surface area contributed by atoms with Gasteiger partial charge in [0.2, 0.25) is 0 Å². The van der Waals surface area contributed by atoms with Gasteiger partial charge >= 0.3 is 0 Å². The van der Waals surface area contributed by atoms with Gasteiger partial charge in [-0.25, -0.2) is 0 Å². The fraction of sp³-hybridized carbons (Fsp3) is 0.444. The fourth-order valence-corrected chi connectivity index (χ4v) is 2.48. The summed E-state index contributed by atoms with van der Waals surface area (Å²) in [5.74, 6) is 1.16. The molecular formula is C18H25N3O4. The van der Waals surface area contributed by atoms with E-state index in [1.165, 1.54) is 0 Å². The second-order valence-electron chi connectivity index (χ2n) is 5.88. The van der Waals surface area contributed by atoms with E-state index in [4.69, 9.17) is 9.47 Å². The van der Waals surface area contributed by atoms with E-state index < -0.39 is 0 Å². The molecule has 2 atom stereocenters. The zero-order valence-corrected chi connectivity index (χ0v) is 15.0. The molecule has 25 heavy (non-hydrogen) atoms. The Morgan fingerprint density at radius 2 is 2.08 bits per heavy atom. The van der Waals surface area contributed by atoms with E-state index in [0.717, 1.165) is 12.0 Å². The Hall–Kier alpha value is -2.54. The maximum absolute atomic E-state index is 12.4. The van der Waals surface area contributed by atoms with Crippen LogP contribution in [0.5, 0.6) is 11.5 Å². The molecule has 0 aliphatic heterocycles. The largest absolute Gasteiger partial charge is 0.497 e. The Balaban J connectivity index is 2.21. The van der Waals surface area contributed by atoms with Crippen molar-refractivity contribution in [2.24, 2.45) is 5.92 Å². The van der Waals surface area contributed by atoms with Crippen molar-refractivity contribution in [3.05, 3.63) is 30.0 Å². The number of hydrogen-bond acceptors (Lipinski definition) is 5. The van der Waals surface area contributed by atoms with E-state index >= 15 is 0 Å². The number of aliphatic hydroxyl groups is 1. The lowest BCUT2D eigenvalue weighted by molar-refractivity contribution is 0.0886. The molecule has 0 aliphatic rings. The third-order valence-electron chi connectivity index (χ3n) is 4.35.